The van der Waals surface area contributed by atoms with Gasteiger partial charge in [0.15, 0.2) is 0 Å². The first-order chi connectivity index (χ1) is 19.8. The van der Waals surface area contributed by atoms with E-state index in [9.17, 15) is 0 Å². The molecule has 0 saturated heterocycles. The van der Waals surface area contributed by atoms with Gasteiger partial charge in [0.1, 0.15) is 5.69 Å². The lowest BCUT2D eigenvalue weighted by molar-refractivity contribution is 0.981. The fraction of sp³-hybridized carbons (Fsp3) is 0. The van der Waals surface area contributed by atoms with Crippen LogP contribution in [0.4, 0.5) is 0 Å². The second-order valence-corrected chi connectivity index (χ2v) is 11.1. The molecule has 0 saturated carbocycles. The van der Waals surface area contributed by atoms with Crippen molar-refractivity contribution in [2.24, 2.45) is 0 Å². The molecule has 8 rings (SSSR count). The van der Waals surface area contributed by atoms with Gasteiger partial charge in [0.25, 0.3) is 0 Å². The molecule has 0 radical (unpaired) electrons. The molecule has 8 aromatic rings. The third kappa shape index (κ3) is 3.75. The first-order valence-electron chi connectivity index (χ1n) is 13.5. The molecule has 0 bridgehead atoms. The van der Waals surface area contributed by atoms with E-state index < -0.39 is 0 Å². The lowest BCUT2D eigenvalue weighted by Crippen LogP contribution is -1.96. The molecule has 0 unspecified atom stereocenters. The summed E-state index contributed by atoms with van der Waals surface area (Å²) in [5.41, 5.74) is 9.14. The van der Waals surface area contributed by atoms with Crippen molar-refractivity contribution in [3.63, 3.8) is 0 Å². The van der Waals surface area contributed by atoms with Crippen LogP contribution in [0.25, 0.3) is 70.5 Å². The van der Waals surface area contributed by atoms with Crippen molar-refractivity contribution in [1.82, 2.24) is 9.61 Å². The summed E-state index contributed by atoms with van der Waals surface area (Å²) < 4.78 is 3.44. The van der Waals surface area contributed by atoms with Gasteiger partial charge in [-0.15, -0.1) is 11.3 Å². The van der Waals surface area contributed by atoms with E-state index in [1.165, 1.54) is 48.0 Å². The van der Waals surface area contributed by atoms with Gasteiger partial charge >= 0.3 is 0 Å². The lowest BCUT2D eigenvalue weighted by Gasteiger charge is -2.12. The molecule has 2 nitrogen and oxygen atoms in total. The van der Waals surface area contributed by atoms with Gasteiger partial charge in [-0.05, 0) is 51.7 Å². The number of hydrogen-bond donors (Lipinski definition) is 0. The van der Waals surface area contributed by atoms with Crippen LogP contribution >= 0.6 is 11.3 Å². The summed E-state index contributed by atoms with van der Waals surface area (Å²) in [5, 5.41) is 9.03. The zero-order valence-corrected chi connectivity index (χ0v) is 22.5. The SMILES string of the molecule is c1ccc(-c2ccc3c(c2)cc(-c2ccccc2)n2nc(-c4cc5ccccc5s4)c(-c4ccccc4)c32)cc1. The Morgan fingerprint density at radius 2 is 1.15 bits per heavy atom. The van der Waals surface area contributed by atoms with Gasteiger partial charge in [-0.2, -0.15) is 5.10 Å². The van der Waals surface area contributed by atoms with E-state index >= 15 is 0 Å². The number of thiophene rings is 1. The van der Waals surface area contributed by atoms with E-state index in [2.05, 4.69) is 150 Å². The smallest absolute Gasteiger partial charge is 0.111 e. The second-order valence-electron chi connectivity index (χ2n) is 10.1. The lowest BCUT2D eigenvalue weighted by atomic mass is 9.96. The summed E-state index contributed by atoms with van der Waals surface area (Å²) in [6.45, 7) is 0. The predicted molar refractivity (Wildman–Crippen MR) is 170 cm³/mol. The van der Waals surface area contributed by atoms with Crippen molar-refractivity contribution >= 4 is 37.7 Å². The maximum atomic E-state index is 5.39. The quantitative estimate of drug-likeness (QED) is 0.222. The van der Waals surface area contributed by atoms with Gasteiger partial charge in [0.05, 0.1) is 16.1 Å². The summed E-state index contributed by atoms with van der Waals surface area (Å²) in [6.07, 6.45) is 0. The molecule has 40 heavy (non-hydrogen) atoms. The largest absolute Gasteiger partial charge is 0.231 e. The van der Waals surface area contributed by atoms with Crippen molar-refractivity contribution in [1.29, 1.82) is 0 Å². The second kappa shape index (κ2) is 9.33. The van der Waals surface area contributed by atoms with Gasteiger partial charge in [-0.25, -0.2) is 4.52 Å². The number of benzene rings is 5. The molecule has 5 aromatic carbocycles. The third-order valence-electron chi connectivity index (χ3n) is 7.61. The number of pyridine rings is 1. The maximum absolute atomic E-state index is 5.39. The highest BCUT2D eigenvalue weighted by Gasteiger charge is 2.22. The monoisotopic (exact) mass is 528 g/mol. The van der Waals surface area contributed by atoms with E-state index in [4.69, 9.17) is 5.10 Å². The van der Waals surface area contributed by atoms with Crippen LogP contribution in [0.1, 0.15) is 0 Å². The van der Waals surface area contributed by atoms with E-state index in [1.807, 2.05) is 0 Å². The van der Waals surface area contributed by atoms with Crippen LogP contribution in [0, 0.1) is 0 Å². The summed E-state index contributed by atoms with van der Waals surface area (Å²) in [7, 11) is 0. The van der Waals surface area contributed by atoms with Crippen LogP contribution in [0.5, 0.6) is 0 Å². The molecule has 0 aliphatic carbocycles. The summed E-state index contributed by atoms with van der Waals surface area (Å²) in [4.78, 5) is 1.18. The van der Waals surface area contributed by atoms with Crippen LogP contribution in [0.2, 0.25) is 0 Å². The predicted octanol–water partition coefficient (Wildman–Crippen LogP) is 10.4. The van der Waals surface area contributed by atoms with Crippen LogP contribution in [0.15, 0.2) is 146 Å². The average molecular weight is 529 g/mol. The minimum Gasteiger partial charge on any atom is -0.231 e. The van der Waals surface area contributed by atoms with Crippen molar-refractivity contribution in [2.75, 3.05) is 0 Å². The molecule has 0 aliphatic rings. The standard InChI is InChI=1S/C37H24N2S/c1-4-12-25(13-5-1)28-20-21-31-30(22-28)23-32(26-14-6-2-7-15-26)39-37(31)35(27-16-8-3-9-17-27)36(38-39)34-24-29-18-10-11-19-33(29)40-34/h1-24H. The summed E-state index contributed by atoms with van der Waals surface area (Å²) in [5.74, 6) is 0. The molecular formula is C37H24N2S. The Morgan fingerprint density at radius 1 is 0.500 bits per heavy atom. The first kappa shape index (κ1) is 22.9. The highest BCUT2D eigenvalue weighted by atomic mass is 32.1. The van der Waals surface area contributed by atoms with Gasteiger partial charge in [-0.1, -0.05) is 121 Å². The molecule has 3 heteroatoms. The van der Waals surface area contributed by atoms with E-state index in [0.717, 1.165) is 22.5 Å². The normalized spacial score (nSPS) is 11.5. The Hall–Kier alpha value is -4.99. The highest BCUT2D eigenvalue weighted by molar-refractivity contribution is 7.22. The molecule has 0 atom stereocenters. The number of nitrogens with zero attached hydrogens (tertiary/aromatic N) is 2. The van der Waals surface area contributed by atoms with E-state index in [-0.39, 0.29) is 0 Å². The third-order valence-corrected chi connectivity index (χ3v) is 8.73. The van der Waals surface area contributed by atoms with Gasteiger partial charge in [0.2, 0.25) is 0 Å². The van der Waals surface area contributed by atoms with Gasteiger partial charge in [0, 0.05) is 21.2 Å². The zero-order chi connectivity index (χ0) is 26.5. The Morgan fingerprint density at radius 3 is 1.88 bits per heavy atom. The Balaban J connectivity index is 1.51. The summed E-state index contributed by atoms with van der Waals surface area (Å²) >= 11 is 1.81. The fourth-order valence-electron chi connectivity index (χ4n) is 5.72. The maximum Gasteiger partial charge on any atom is 0.111 e. The van der Waals surface area contributed by atoms with Crippen molar-refractivity contribution in [3.8, 4) is 44.1 Å². The minimum absolute atomic E-state index is 1.02. The van der Waals surface area contributed by atoms with Crippen LogP contribution in [-0.2, 0) is 0 Å². The van der Waals surface area contributed by atoms with Crippen LogP contribution < -0.4 is 0 Å². The number of hydrogen-bond acceptors (Lipinski definition) is 2. The number of aromatic nitrogens is 2. The number of fused-ring (bicyclic) bond motifs is 4. The first-order valence-corrected chi connectivity index (χ1v) is 14.3. The van der Waals surface area contributed by atoms with Crippen LogP contribution in [-0.4, -0.2) is 9.61 Å². The molecule has 0 aliphatic heterocycles. The van der Waals surface area contributed by atoms with Gasteiger partial charge < -0.3 is 0 Å². The Bertz CT molecular complexity index is 2110. The summed E-state index contributed by atoms with van der Waals surface area (Å²) in [6, 6.07) is 51.9. The zero-order valence-electron chi connectivity index (χ0n) is 21.7. The topological polar surface area (TPSA) is 17.3 Å². The fourth-order valence-corrected chi connectivity index (χ4v) is 6.78. The Labute approximate surface area is 236 Å². The number of rotatable bonds is 4. The molecular weight excluding hydrogens is 504 g/mol. The molecule has 0 amide bonds. The minimum atomic E-state index is 1.02. The van der Waals surface area contributed by atoms with Crippen molar-refractivity contribution in [3.05, 3.63) is 146 Å². The van der Waals surface area contributed by atoms with E-state index in [1.54, 1.807) is 11.3 Å². The highest BCUT2D eigenvalue weighted by Crippen LogP contribution is 2.44. The average Bonchev–Trinajstić information content (AvgIpc) is 3.64. The van der Waals surface area contributed by atoms with Crippen LogP contribution in [0.3, 0.4) is 0 Å². The van der Waals surface area contributed by atoms with Crippen molar-refractivity contribution in [2.45, 2.75) is 0 Å². The molecule has 0 N–H and O–H groups in total. The molecule has 0 fully saturated rings. The van der Waals surface area contributed by atoms with E-state index in [0.29, 0.717) is 0 Å². The molecule has 3 aromatic heterocycles. The molecule has 3 heterocycles. The van der Waals surface area contributed by atoms with Gasteiger partial charge in [-0.3, -0.25) is 0 Å². The molecule has 0 spiro atoms. The van der Waals surface area contributed by atoms with Crippen molar-refractivity contribution < 1.29 is 0 Å². The Kier molecular flexibility index (Phi) is 5.35. The molecule has 188 valence electrons.